The maximum atomic E-state index is 15.5. The zero-order chi connectivity index (χ0) is 36.5. The molecule has 0 radical (unpaired) electrons. The highest BCUT2D eigenvalue weighted by Crippen LogP contribution is 2.40. The highest BCUT2D eigenvalue weighted by molar-refractivity contribution is 6.35. The normalized spacial score (nSPS) is 21.4. The summed E-state index contributed by atoms with van der Waals surface area (Å²) >= 11 is 12.7. The van der Waals surface area contributed by atoms with Gasteiger partial charge in [0.1, 0.15) is 49.3 Å². The second kappa shape index (κ2) is 15.0. The van der Waals surface area contributed by atoms with Crippen molar-refractivity contribution >= 4 is 34.7 Å². The van der Waals surface area contributed by atoms with Gasteiger partial charge in [0.15, 0.2) is 0 Å². The van der Waals surface area contributed by atoms with E-state index in [1.54, 1.807) is 36.5 Å². The Morgan fingerprint density at radius 3 is 2.51 bits per heavy atom. The van der Waals surface area contributed by atoms with Crippen LogP contribution < -0.4 is 20.2 Å². The Labute approximate surface area is 314 Å². The first-order valence-corrected chi connectivity index (χ1v) is 18.2. The molecule has 53 heavy (non-hydrogen) atoms. The molecule has 3 fully saturated rings. The third-order valence-electron chi connectivity index (χ3n) is 10.0. The second-order valence-electron chi connectivity index (χ2n) is 13.5. The number of piperazine rings is 1. The van der Waals surface area contributed by atoms with Gasteiger partial charge in [-0.05, 0) is 79.8 Å². The van der Waals surface area contributed by atoms with Crippen molar-refractivity contribution in [1.29, 1.82) is 0 Å². The number of piperidine rings is 1. The summed E-state index contributed by atoms with van der Waals surface area (Å²) in [5, 5.41) is 16.6. The number of tetrazole rings is 1. The molecule has 8 rings (SSSR count). The summed E-state index contributed by atoms with van der Waals surface area (Å²) < 4.78 is 38.6. The molecule has 6 heterocycles. The molecule has 0 N–H and O–H groups in total. The van der Waals surface area contributed by atoms with Crippen LogP contribution in [0.2, 0.25) is 10.0 Å². The lowest BCUT2D eigenvalue weighted by Crippen LogP contribution is -2.47. The first-order chi connectivity index (χ1) is 25.7. The minimum absolute atomic E-state index is 0.0541. The summed E-state index contributed by atoms with van der Waals surface area (Å²) in [4.78, 5) is 24.2. The Morgan fingerprint density at radius 2 is 1.79 bits per heavy atom. The zero-order valence-corrected chi connectivity index (χ0v) is 30.5. The molecule has 2 atom stereocenters. The van der Waals surface area contributed by atoms with Crippen LogP contribution in [0.1, 0.15) is 24.4 Å². The Bertz CT molecular complexity index is 2080. The number of aromatic nitrogens is 8. The van der Waals surface area contributed by atoms with E-state index in [9.17, 15) is 4.79 Å². The van der Waals surface area contributed by atoms with E-state index >= 15 is 4.39 Å². The Kier molecular flexibility index (Phi) is 10.0. The first kappa shape index (κ1) is 35.4. The van der Waals surface area contributed by atoms with Crippen molar-refractivity contribution in [2.45, 2.75) is 37.3 Å². The van der Waals surface area contributed by atoms with E-state index < -0.39 is 11.9 Å². The van der Waals surface area contributed by atoms with Crippen LogP contribution in [0, 0.1) is 5.82 Å². The SMILES string of the molecule is CN1CCC(n2ncn(-c3ccc(N4CCN(c5ccc(OC[C@@H]6CO[C@@](Cn7cnnn7)(c7ccc(Cl)cc7Cl)O6)cn5)CC4)c(F)c3)c2=O)CC1. The molecule has 5 aromatic rings. The van der Waals surface area contributed by atoms with Gasteiger partial charge in [0, 0.05) is 42.8 Å². The van der Waals surface area contributed by atoms with Gasteiger partial charge in [-0.3, -0.25) is 0 Å². The Balaban J connectivity index is 0.853. The summed E-state index contributed by atoms with van der Waals surface area (Å²) in [6.07, 6.45) is 5.95. The number of pyridine rings is 1. The number of hydrogen-bond donors (Lipinski definition) is 0. The summed E-state index contributed by atoms with van der Waals surface area (Å²) in [6.45, 7) is 4.98. The number of ether oxygens (including phenoxy) is 3. The summed E-state index contributed by atoms with van der Waals surface area (Å²) in [5.74, 6) is -0.241. The van der Waals surface area contributed by atoms with Crippen molar-refractivity contribution in [2.75, 3.05) is 69.3 Å². The lowest BCUT2D eigenvalue weighted by Gasteiger charge is -2.37. The van der Waals surface area contributed by atoms with Gasteiger partial charge in [-0.2, -0.15) is 5.10 Å². The van der Waals surface area contributed by atoms with Crippen LogP contribution in [-0.4, -0.2) is 110 Å². The van der Waals surface area contributed by atoms with Crippen LogP contribution in [0.4, 0.5) is 15.9 Å². The highest BCUT2D eigenvalue weighted by atomic mass is 35.5. The molecular formula is C35H38Cl2FN11O4. The van der Waals surface area contributed by atoms with E-state index in [4.69, 9.17) is 37.4 Å². The van der Waals surface area contributed by atoms with Crippen molar-refractivity contribution in [1.82, 2.24) is 44.4 Å². The first-order valence-electron chi connectivity index (χ1n) is 17.5. The topological polar surface area (TPSA) is 134 Å². The molecule has 0 aliphatic carbocycles. The smallest absolute Gasteiger partial charge is 0.350 e. The molecule has 15 nitrogen and oxygen atoms in total. The zero-order valence-electron chi connectivity index (χ0n) is 29.0. The van der Waals surface area contributed by atoms with Crippen molar-refractivity contribution < 1.29 is 18.6 Å². The maximum Gasteiger partial charge on any atom is 0.350 e. The third-order valence-corrected chi connectivity index (χ3v) is 10.5. The Hall–Kier alpha value is -4.61. The van der Waals surface area contributed by atoms with E-state index in [0.29, 0.717) is 58.9 Å². The molecule has 3 saturated heterocycles. The average molecular weight is 767 g/mol. The Morgan fingerprint density at radius 1 is 0.981 bits per heavy atom. The number of halogens is 3. The second-order valence-corrected chi connectivity index (χ2v) is 14.3. The van der Waals surface area contributed by atoms with Crippen molar-refractivity contribution in [3.8, 4) is 11.4 Å². The van der Waals surface area contributed by atoms with E-state index in [1.165, 1.54) is 32.7 Å². The molecular weight excluding hydrogens is 728 g/mol. The van der Waals surface area contributed by atoms with Gasteiger partial charge < -0.3 is 28.9 Å². The van der Waals surface area contributed by atoms with E-state index in [1.807, 2.05) is 17.0 Å². The minimum Gasteiger partial charge on any atom is -0.489 e. The number of rotatable bonds is 10. The molecule has 2 aromatic carbocycles. The maximum absolute atomic E-state index is 15.5. The van der Waals surface area contributed by atoms with Gasteiger partial charge in [-0.1, -0.05) is 29.3 Å². The van der Waals surface area contributed by atoms with Gasteiger partial charge in [0.05, 0.1) is 35.2 Å². The van der Waals surface area contributed by atoms with Gasteiger partial charge in [0.25, 0.3) is 0 Å². The van der Waals surface area contributed by atoms with Crippen molar-refractivity contribution in [2.24, 2.45) is 0 Å². The number of hydrogen-bond acceptors (Lipinski definition) is 12. The average Bonchev–Trinajstić information content (AvgIpc) is 3.93. The number of nitrogens with zero attached hydrogens (tertiary/aromatic N) is 11. The van der Waals surface area contributed by atoms with Crippen LogP contribution in [0.3, 0.4) is 0 Å². The fourth-order valence-corrected chi connectivity index (χ4v) is 7.67. The standard InChI is InChI=1S/C35H38Cl2FN11O4/c1-44-10-8-25(9-11-44)49-34(50)48(23-41-49)26-3-6-32(31(38)17-26)45-12-14-46(15-13-45)33-7-4-27(18-39-33)51-19-28-20-52-35(53-28,21-47-22-40-42-43-47)29-5-2-24(36)16-30(29)37/h2-7,16-18,22-23,25,28H,8-15,19-21H2,1H3/t28-,35-/m1/s1. The van der Waals surface area contributed by atoms with Gasteiger partial charge in [0.2, 0.25) is 5.79 Å². The fraction of sp³-hybridized carbons (Fsp3) is 0.429. The molecule has 18 heteroatoms. The van der Waals surface area contributed by atoms with E-state index in [-0.39, 0.29) is 37.3 Å². The predicted octanol–water partition coefficient (Wildman–Crippen LogP) is 3.80. The number of benzene rings is 2. The molecule has 0 amide bonds. The van der Waals surface area contributed by atoms with Crippen molar-refractivity contribution in [3.05, 3.63) is 99.3 Å². The van der Waals surface area contributed by atoms with Gasteiger partial charge in [-0.15, -0.1) is 5.10 Å². The van der Waals surface area contributed by atoms with Crippen LogP contribution >= 0.6 is 23.2 Å². The van der Waals surface area contributed by atoms with Crippen molar-refractivity contribution in [3.63, 3.8) is 0 Å². The highest BCUT2D eigenvalue weighted by Gasteiger charge is 2.46. The summed E-state index contributed by atoms with van der Waals surface area (Å²) in [6, 6.07) is 13.9. The third kappa shape index (κ3) is 7.46. The molecule has 0 saturated carbocycles. The van der Waals surface area contributed by atoms with Crippen LogP contribution in [0.15, 0.2) is 72.2 Å². The molecule has 0 unspecified atom stereocenters. The molecule has 3 aliphatic heterocycles. The predicted molar refractivity (Wildman–Crippen MR) is 194 cm³/mol. The van der Waals surface area contributed by atoms with Crippen LogP contribution in [0.25, 0.3) is 5.69 Å². The molecule has 3 aliphatic rings. The number of anilines is 2. The van der Waals surface area contributed by atoms with Gasteiger partial charge in [-0.25, -0.2) is 28.1 Å². The molecule has 0 bridgehead atoms. The minimum atomic E-state index is -1.24. The molecule has 0 spiro atoms. The fourth-order valence-electron chi connectivity index (χ4n) is 7.12. The van der Waals surface area contributed by atoms with E-state index in [2.05, 4.69) is 42.5 Å². The van der Waals surface area contributed by atoms with E-state index in [0.717, 1.165) is 31.7 Å². The summed E-state index contributed by atoms with van der Waals surface area (Å²) in [5.41, 5.74) is 1.32. The monoisotopic (exact) mass is 765 g/mol. The quantitative estimate of drug-likeness (QED) is 0.205. The molecule has 278 valence electrons. The molecule has 3 aromatic heterocycles. The lowest BCUT2D eigenvalue weighted by molar-refractivity contribution is -0.190. The van der Waals surface area contributed by atoms with Crippen LogP contribution in [-0.2, 0) is 21.8 Å². The largest absolute Gasteiger partial charge is 0.489 e. The number of likely N-dealkylation sites (tertiary alicyclic amines) is 1. The van der Waals surface area contributed by atoms with Gasteiger partial charge >= 0.3 is 5.69 Å². The van der Waals surface area contributed by atoms with Crippen LogP contribution in [0.5, 0.6) is 5.75 Å². The lowest BCUT2D eigenvalue weighted by atomic mass is 10.1. The summed E-state index contributed by atoms with van der Waals surface area (Å²) in [7, 11) is 2.07.